The summed E-state index contributed by atoms with van der Waals surface area (Å²) in [4.78, 5) is 45.7. The van der Waals surface area contributed by atoms with E-state index < -0.39 is 57.7 Å². The number of carboxylic acid groups (broad SMARTS) is 1. The Bertz CT molecular complexity index is 1190. The number of ether oxygens (including phenoxy) is 2. The first-order valence-corrected chi connectivity index (χ1v) is 21.5. The topological polar surface area (TPSA) is 172 Å². The van der Waals surface area contributed by atoms with Crippen molar-refractivity contribution in [2.75, 3.05) is 19.8 Å². The van der Waals surface area contributed by atoms with E-state index in [0.717, 1.165) is 38.5 Å². The fourth-order valence-corrected chi connectivity index (χ4v) is 5.53. The molecule has 308 valence electrons. The Morgan fingerprint density at radius 2 is 1.02 bits per heavy atom. The zero-order valence-corrected chi connectivity index (χ0v) is 33.9. The summed E-state index contributed by atoms with van der Waals surface area (Å²) in [5.41, 5.74) is 5.31. The second-order valence-corrected chi connectivity index (χ2v) is 14.5. The molecule has 0 amide bonds. The standard InChI is InChI=1S/C42H70NO10P/c1-3-5-7-9-11-13-15-17-18-19-20-22-23-25-27-29-31-33-40(44)50-35-38(36-51-54(48,49)52-37-39(43)42(46)47)53-41(45)34-32-30-28-26-24-21-16-14-12-10-8-6-4-2/h11,13,17-18,20-22,24-25,27-28,30,38-39H,3-10,12,14-16,19,23,26,29,31-37,43H2,1-2H3,(H,46,47)(H,48,49)/b13-11+,18-17+,22-20+,24-21+,27-25+,30-28+/t38?,39-/m0/s1. The molecule has 0 saturated heterocycles. The van der Waals surface area contributed by atoms with Gasteiger partial charge in [0.1, 0.15) is 12.6 Å². The Morgan fingerprint density at radius 1 is 0.574 bits per heavy atom. The van der Waals surface area contributed by atoms with Crippen molar-refractivity contribution in [1.82, 2.24) is 0 Å². The van der Waals surface area contributed by atoms with Gasteiger partial charge < -0.3 is 25.2 Å². The monoisotopic (exact) mass is 779 g/mol. The summed E-state index contributed by atoms with van der Waals surface area (Å²) in [6, 6.07) is -1.54. The Morgan fingerprint density at radius 3 is 1.57 bits per heavy atom. The van der Waals surface area contributed by atoms with Gasteiger partial charge in [-0.2, -0.15) is 0 Å². The summed E-state index contributed by atoms with van der Waals surface area (Å²) < 4.78 is 32.4. The maximum atomic E-state index is 12.5. The van der Waals surface area contributed by atoms with Crippen LogP contribution in [-0.2, 0) is 37.5 Å². The van der Waals surface area contributed by atoms with E-state index in [9.17, 15) is 23.8 Å². The van der Waals surface area contributed by atoms with Crippen LogP contribution in [0.4, 0.5) is 0 Å². The molecule has 0 aliphatic rings. The Hall–Kier alpha value is -3.08. The number of allylic oxidation sites excluding steroid dienone is 12. The Labute approximate surface area is 325 Å². The third-order valence-corrected chi connectivity index (χ3v) is 8.89. The number of hydrogen-bond donors (Lipinski definition) is 3. The minimum atomic E-state index is -4.74. The summed E-state index contributed by atoms with van der Waals surface area (Å²) in [6.45, 7) is 2.62. The largest absolute Gasteiger partial charge is 0.480 e. The molecule has 0 aromatic rings. The van der Waals surface area contributed by atoms with Crippen LogP contribution in [0.5, 0.6) is 0 Å². The molecule has 0 aromatic heterocycles. The van der Waals surface area contributed by atoms with Crippen LogP contribution >= 0.6 is 7.82 Å². The van der Waals surface area contributed by atoms with Gasteiger partial charge in [0, 0.05) is 12.8 Å². The molecule has 0 rings (SSSR count). The molecule has 3 atom stereocenters. The highest BCUT2D eigenvalue weighted by Gasteiger charge is 2.28. The van der Waals surface area contributed by atoms with E-state index in [1.54, 1.807) is 0 Å². The van der Waals surface area contributed by atoms with E-state index >= 15 is 0 Å². The molecular formula is C42H70NO10P. The first-order valence-electron chi connectivity index (χ1n) is 20.0. The zero-order valence-electron chi connectivity index (χ0n) is 33.0. The molecule has 0 spiro atoms. The summed E-state index contributed by atoms with van der Waals surface area (Å²) in [7, 11) is -4.74. The molecule has 0 bridgehead atoms. The number of aliphatic carboxylic acids is 1. The molecule has 54 heavy (non-hydrogen) atoms. The average molecular weight is 780 g/mol. The van der Waals surface area contributed by atoms with Crippen molar-refractivity contribution in [3.8, 4) is 0 Å². The van der Waals surface area contributed by atoms with Crippen LogP contribution < -0.4 is 5.73 Å². The minimum absolute atomic E-state index is 0.0399. The zero-order chi connectivity index (χ0) is 40.0. The molecule has 0 aliphatic heterocycles. The van der Waals surface area contributed by atoms with Gasteiger partial charge in [-0.15, -0.1) is 0 Å². The highest BCUT2D eigenvalue weighted by Crippen LogP contribution is 2.43. The van der Waals surface area contributed by atoms with E-state index in [-0.39, 0.29) is 12.8 Å². The van der Waals surface area contributed by atoms with E-state index in [4.69, 9.17) is 24.8 Å². The number of phosphoric ester groups is 1. The number of unbranched alkanes of at least 4 members (excludes halogenated alkanes) is 10. The Kier molecular flexibility index (Phi) is 34.8. The van der Waals surface area contributed by atoms with Crippen molar-refractivity contribution in [3.63, 3.8) is 0 Å². The van der Waals surface area contributed by atoms with Gasteiger partial charge in [-0.05, 0) is 70.6 Å². The van der Waals surface area contributed by atoms with Gasteiger partial charge in [-0.25, -0.2) is 4.57 Å². The van der Waals surface area contributed by atoms with Crippen molar-refractivity contribution in [1.29, 1.82) is 0 Å². The SMILES string of the molecule is CCCCC/C=C/C/C=C/C/C=C/C/C=C/CCCC(=O)OCC(COP(=O)(O)OC[C@H](N)C(=O)O)OC(=O)CC/C=C/C/C=C/CCCCCCCC. The van der Waals surface area contributed by atoms with Crippen molar-refractivity contribution in [2.24, 2.45) is 5.73 Å². The van der Waals surface area contributed by atoms with Crippen molar-refractivity contribution < 1.29 is 47.5 Å². The first-order chi connectivity index (χ1) is 26.1. The number of nitrogens with two attached hydrogens (primary N) is 1. The number of carboxylic acids is 1. The number of phosphoric acid groups is 1. The molecular weight excluding hydrogens is 709 g/mol. The average Bonchev–Trinajstić information content (AvgIpc) is 3.14. The number of rotatable bonds is 36. The van der Waals surface area contributed by atoms with E-state index in [2.05, 4.69) is 67.0 Å². The van der Waals surface area contributed by atoms with Gasteiger partial charge in [0.25, 0.3) is 0 Å². The molecule has 0 aliphatic carbocycles. The molecule has 0 saturated carbocycles. The molecule has 0 radical (unpaired) electrons. The van der Waals surface area contributed by atoms with E-state index in [0.29, 0.717) is 19.3 Å². The maximum absolute atomic E-state index is 12.5. The number of hydrogen-bond acceptors (Lipinski definition) is 9. The predicted octanol–water partition coefficient (Wildman–Crippen LogP) is 10.2. The van der Waals surface area contributed by atoms with Crippen LogP contribution in [0.1, 0.15) is 142 Å². The fourth-order valence-electron chi connectivity index (χ4n) is 4.76. The summed E-state index contributed by atoms with van der Waals surface area (Å²) in [6.07, 6.45) is 42.8. The van der Waals surface area contributed by atoms with Gasteiger partial charge in [-0.3, -0.25) is 23.4 Å². The smallest absolute Gasteiger partial charge is 0.472 e. The van der Waals surface area contributed by atoms with Crippen molar-refractivity contribution >= 4 is 25.7 Å². The molecule has 2 unspecified atom stereocenters. The fraction of sp³-hybridized carbons (Fsp3) is 0.643. The molecule has 12 heteroatoms. The second kappa shape index (κ2) is 36.9. The van der Waals surface area contributed by atoms with Gasteiger partial charge in [0.2, 0.25) is 0 Å². The van der Waals surface area contributed by atoms with Crippen molar-refractivity contribution in [2.45, 2.75) is 154 Å². The van der Waals surface area contributed by atoms with Crippen LogP contribution in [-0.4, -0.2) is 59.9 Å². The summed E-state index contributed by atoms with van der Waals surface area (Å²) in [5, 5.41) is 8.86. The van der Waals surface area contributed by atoms with E-state index in [1.807, 2.05) is 24.3 Å². The predicted molar refractivity (Wildman–Crippen MR) is 217 cm³/mol. The molecule has 0 aromatic carbocycles. The van der Waals surface area contributed by atoms with Crippen LogP contribution in [0.2, 0.25) is 0 Å². The summed E-state index contributed by atoms with van der Waals surface area (Å²) in [5.74, 6) is -2.55. The molecule has 0 heterocycles. The van der Waals surface area contributed by atoms with Gasteiger partial charge in [0.05, 0.1) is 13.2 Å². The number of carbonyl (C=O) groups is 3. The number of carbonyl (C=O) groups excluding carboxylic acids is 2. The van der Waals surface area contributed by atoms with E-state index in [1.165, 1.54) is 57.8 Å². The molecule has 11 nitrogen and oxygen atoms in total. The van der Waals surface area contributed by atoms with Crippen LogP contribution in [0.25, 0.3) is 0 Å². The minimum Gasteiger partial charge on any atom is -0.480 e. The first kappa shape index (κ1) is 50.9. The third kappa shape index (κ3) is 35.9. The quantitative estimate of drug-likeness (QED) is 0.0239. The lowest BCUT2D eigenvalue weighted by atomic mass is 10.1. The maximum Gasteiger partial charge on any atom is 0.472 e. The number of esters is 2. The third-order valence-electron chi connectivity index (χ3n) is 7.94. The van der Waals surface area contributed by atoms with Crippen molar-refractivity contribution in [3.05, 3.63) is 72.9 Å². The summed E-state index contributed by atoms with van der Waals surface area (Å²) >= 11 is 0. The van der Waals surface area contributed by atoms with Gasteiger partial charge >= 0.3 is 25.7 Å². The molecule has 4 N–H and O–H groups in total. The van der Waals surface area contributed by atoms with Crippen LogP contribution in [0.3, 0.4) is 0 Å². The highest BCUT2D eigenvalue weighted by molar-refractivity contribution is 7.47. The lowest BCUT2D eigenvalue weighted by molar-refractivity contribution is -0.161. The second-order valence-electron chi connectivity index (χ2n) is 13.1. The van der Waals surface area contributed by atoms with Crippen LogP contribution in [0, 0.1) is 0 Å². The Balaban J connectivity index is 4.60. The molecule has 0 fully saturated rings. The van der Waals surface area contributed by atoms with Crippen LogP contribution in [0.15, 0.2) is 72.9 Å². The lowest BCUT2D eigenvalue weighted by Gasteiger charge is -2.20. The van der Waals surface area contributed by atoms with Gasteiger partial charge in [0.15, 0.2) is 6.10 Å². The lowest BCUT2D eigenvalue weighted by Crippen LogP contribution is -2.34. The van der Waals surface area contributed by atoms with Gasteiger partial charge in [-0.1, -0.05) is 132 Å². The normalized spacial score (nSPS) is 14.6. The highest BCUT2D eigenvalue weighted by atomic mass is 31.2.